The van der Waals surface area contributed by atoms with Gasteiger partial charge in [0, 0.05) is 0 Å². The van der Waals surface area contributed by atoms with E-state index in [1.807, 2.05) is 47.6 Å². The lowest BCUT2D eigenvalue weighted by molar-refractivity contribution is -0.393. The molecule has 0 heterocycles. The molecular formula is C17H34O6. The van der Waals surface area contributed by atoms with E-state index in [-0.39, 0.29) is 11.2 Å². The van der Waals surface area contributed by atoms with Gasteiger partial charge in [0.15, 0.2) is 0 Å². The van der Waals surface area contributed by atoms with Crippen LogP contribution in [-0.2, 0) is 9.78 Å². The van der Waals surface area contributed by atoms with Crippen LogP contribution in [0.1, 0.15) is 66.9 Å². The highest BCUT2D eigenvalue weighted by atomic mass is 17.2. The topological polar surface area (TPSA) is 99.4 Å². The van der Waals surface area contributed by atoms with Crippen molar-refractivity contribution in [1.29, 1.82) is 0 Å². The molecule has 1 rings (SSSR count). The maximum atomic E-state index is 6.00. The van der Waals surface area contributed by atoms with E-state index in [4.69, 9.17) is 30.8 Å². The molecule has 6 heteroatoms. The van der Waals surface area contributed by atoms with Crippen molar-refractivity contribution in [2.24, 2.45) is 0 Å². The summed E-state index contributed by atoms with van der Waals surface area (Å²) >= 11 is 0. The third-order valence-corrected chi connectivity index (χ3v) is 2.01. The SMILES string of the molecule is CC(C)(C)OOC(C)(C)C.CC(C)c1ccccc1.OO.OO. The summed E-state index contributed by atoms with van der Waals surface area (Å²) < 4.78 is 0. The summed E-state index contributed by atoms with van der Waals surface area (Å²) in [4.78, 5) is 10.2. The van der Waals surface area contributed by atoms with Gasteiger partial charge in [0.05, 0.1) is 11.2 Å². The Hall–Kier alpha value is -1.02. The summed E-state index contributed by atoms with van der Waals surface area (Å²) in [6, 6.07) is 10.5. The molecule has 0 amide bonds. The third-order valence-electron chi connectivity index (χ3n) is 2.01. The molecule has 0 spiro atoms. The van der Waals surface area contributed by atoms with E-state index in [1.165, 1.54) is 5.56 Å². The van der Waals surface area contributed by atoms with Gasteiger partial charge in [-0.25, -0.2) is 9.78 Å². The monoisotopic (exact) mass is 334 g/mol. The molecule has 0 saturated heterocycles. The highest BCUT2D eigenvalue weighted by Gasteiger charge is 2.18. The minimum atomic E-state index is -0.215. The molecule has 1 aromatic rings. The van der Waals surface area contributed by atoms with Gasteiger partial charge >= 0.3 is 0 Å². The van der Waals surface area contributed by atoms with Crippen molar-refractivity contribution in [2.75, 3.05) is 0 Å². The minimum absolute atomic E-state index is 0.215. The van der Waals surface area contributed by atoms with Crippen molar-refractivity contribution in [3.63, 3.8) is 0 Å². The zero-order valence-electron chi connectivity index (χ0n) is 15.6. The van der Waals surface area contributed by atoms with E-state index in [2.05, 4.69) is 38.1 Å². The summed E-state index contributed by atoms with van der Waals surface area (Å²) in [5, 5.41) is 24.0. The quantitative estimate of drug-likeness (QED) is 0.428. The van der Waals surface area contributed by atoms with Crippen molar-refractivity contribution in [2.45, 2.75) is 72.5 Å². The Kier molecular flexibility index (Phi) is 17.0. The maximum Gasteiger partial charge on any atom is 0.0952 e. The first kappa shape index (κ1) is 26.9. The van der Waals surface area contributed by atoms with Gasteiger partial charge in [-0.2, -0.15) is 0 Å². The molecule has 0 aliphatic carbocycles. The molecule has 23 heavy (non-hydrogen) atoms. The Labute approximate surface area is 140 Å². The predicted molar refractivity (Wildman–Crippen MR) is 92.7 cm³/mol. The second kappa shape index (κ2) is 14.6. The number of hydrogen-bond acceptors (Lipinski definition) is 6. The molecule has 0 bridgehead atoms. The Bertz CT molecular complexity index is 324. The molecule has 1 aromatic carbocycles. The van der Waals surface area contributed by atoms with Gasteiger partial charge in [-0.05, 0) is 53.0 Å². The van der Waals surface area contributed by atoms with Crippen LogP contribution in [0.15, 0.2) is 30.3 Å². The summed E-state index contributed by atoms with van der Waals surface area (Å²) in [6.07, 6.45) is 0. The molecule has 4 N–H and O–H groups in total. The largest absolute Gasteiger partial charge is 0.255 e. The van der Waals surface area contributed by atoms with Crippen LogP contribution in [0.2, 0.25) is 0 Å². The first-order valence-corrected chi connectivity index (χ1v) is 7.33. The lowest BCUT2D eigenvalue weighted by atomic mass is 10.0. The Morgan fingerprint density at radius 3 is 1.17 bits per heavy atom. The Morgan fingerprint density at radius 1 is 0.696 bits per heavy atom. The predicted octanol–water partition coefficient (Wildman–Crippen LogP) is 5.38. The molecule has 6 nitrogen and oxygen atoms in total. The number of rotatable bonds is 2. The Balaban J connectivity index is -0.000000286. The number of hydrogen-bond donors (Lipinski definition) is 4. The van der Waals surface area contributed by atoms with Crippen LogP contribution in [0.5, 0.6) is 0 Å². The smallest absolute Gasteiger partial charge is 0.0952 e. The van der Waals surface area contributed by atoms with Crippen LogP contribution >= 0.6 is 0 Å². The fraction of sp³-hybridized carbons (Fsp3) is 0.647. The molecule has 0 aliphatic rings. The van der Waals surface area contributed by atoms with Gasteiger partial charge in [-0.1, -0.05) is 44.2 Å². The first-order chi connectivity index (χ1) is 10.5. The van der Waals surface area contributed by atoms with Gasteiger partial charge in [0.2, 0.25) is 0 Å². The van der Waals surface area contributed by atoms with Crippen LogP contribution in [0.3, 0.4) is 0 Å². The average Bonchev–Trinajstić information content (AvgIpc) is 2.50. The zero-order valence-corrected chi connectivity index (χ0v) is 15.6. The van der Waals surface area contributed by atoms with Crippen molar-refractivity contribution >= 4 is 0 Å². The fourth-order valence-corrected chi connectivity index (χ4v) is 1.09. The molecule has 0 saturated carbocycles. The normalized spacial score (nSPS) is 10.5. The van der Waals surface area contributed by atoms with Crippen molar-refractivity contribution in [3.05, 3.63) is 35.9 Å². The van der Waals surface area contributed by atoms with Gasteiger partial charge < -0.3 is 0 Å². The van der Waals surface area contributed by atoms with E-state index < -0.39 is 0 Å². The van der Waals surface area contributed by atoms with E-state index in [1.54, 1.807) is 0 Å². The maximum absolute atomic E-state index is 6.00. The van der Waals surface area contributed by atoms with Crippen molar-refractivity contribution in [3.8, 4) is 0 Å². The van der Waals surface area contributed by atoms with E-state index >= 15 is 0 Å². The third kappa shape index (κ3) is 23.4. The van der Waals surface area contributed by atoms with Gasteiger partial charge in [0.1, 0.15) is 0 Å². The summed E-state index contributed by atoms with van der Waals surface area (Å²) in [5.41, 5.74) is 0.984. The standard InChI is InChI=1S/C9H12.C8H18O2.2H2O2/c1-8(2)9-6-4-3-5-7-9;1-7(2,3)9-10-8(4,5)6;2*1-2/h3-8H,1-2H3;1-6H3;2*1-2H. The summed E-state index contributed by atoms with van der Waals surface area (Å²) in [6.45, 7) is 16.1. The molecule has 0 atom stereocenters. The second-order valence-corrected chi connectivity index (χ2v) is 6.96. The minimum Gasteiger partial charge on any atom is -0.255 e. The van der Waals surface area contributed by atoms with Gasteiger partial charge in [0.25, 0.3) is 0 Å². The van der Waals surface area contributed by atoms with Crippen LogP contribution in [-0.4, -0.2) is 32.2 Å². The first-order valence-electron chi connectivity index (χ1n) is 7.33. The molecule has 0 unspecified atom stereocenters. The van der Waals surface area contributed by atoms with Crippen LogP contribution < -0.4 is 0 Å². The molecular weight excluding hydrogens is 300 g/mol. The van der Waals surface area contributed by atoms with Gasteiger partial charge in [-0.3, -0.25) is 21.0 Å². The average molecular weight is 334 g/mol. The molecule has 0 fully saturated rings. The molecule has 138 valence electrons. The van der Waals surface area contributed by atoms with Crippen LogP contribution in [0.25, 0.3) is 0 Å². The molecule has 0 aromatic heterocycles. The number of benzene rings is 1. The van der Waals surface area contributed by atoms with Crippen molar-refractivity contribution in [1.82, 2.24) is 0 Å². The van der Waals surface area contributed by atoms with Crippen molar-refractivity contribution < 1.29 is 30.8 Å². The highest BCUT2D eigenvalue weighted by molar-refractivity contribution is 5.17. The second-order valence-electron chi connectivity index (χ2n) is 6.96. The zero-order chi connectivity index (χ0) is 19.1. The summed E-state index contributed by atoms with van der Waals surface area (Å²) in [5.74, 6) is 0.659. The molecule has 0 radical (unpaired) electrons. The fourth-order valence-electron chi connectivity index (χ4n) is 1.09. The van der Waals surface area contributed by atoms with Crippen LogP contribution in [0, 0.1) is 0 Å². The summed E-state index contributed by atoms with van der Waals surface area (Å²) in [7, 11) is 0. The highest BCUT2D eigenvalue weighted by Crippen LogP contribution is 2.14. The van der Waals surface area contributed by atoms with E-state index in [0.717, 1.165) is 0 Å². The Morgan fingerprint density at radius 2 is 1.00 bits per heavy atom. The lowest BCUT2D eigenvalue weighted by Crippen LogP contribution is -2.27. The lowest BCUT2D eigenvalue weighted by Gasteiger charge is -2.24. The van der Waals surface area contributed by atoms with E-state index in [9.17, 15) is 0 Å². The van der Waals surface area contributed by atoms with E-state index in [0.29, 0.717) is 5.92 Å². The molecule has 0 aliphatic heterocycles. The van der Waals surface area contributed by atoms with Crippen LogP contribution in [0.4, 0.5) is 0 Å². The van der Waals surface area contributed by atoms with Gasteiger partial charge in [-0.15, -0.1) is 0 Å².